The molecule has 51 valence electrons. The summed E-state index contributed by atoms with van der Waals surface area (Å²) < 4.78 is 0. The Morgan fingerprint density at radius 1 is 1.67 bits per heavy atom. The van der Waals surface area contributed by atoms with E-state index in [1.54, 1.807) is 12.2 Å². The van der Waals surface area contributed by atoms with Crippen molar-refractivity contribution in [1.82, 2.24) is 0 Å². The molecule has 9 heavy (non-hydrogen) atoms. The Bertz CT molecular complexity index is 112. The van der Waals surface area contributed by atoms with Gasteiger partial charge in [0.2, 0.25) is 0 Å². The molecule has 0 saturated carbocycles. The van der Waals surface area contributed by atoms with Crippen molar-refractivity contribution < 1.29 is 0 Å². The van der Waals surface area contributed by atoms with Crippen LogP contribution in [0.2, 0.25) is 0 Å². The lowest BCUT2D eigenvalue weighted by Crippen LogP contribution is -2.15. The third-order valence-corrected chi connectivity index (χ3v) is 0.955. The maximum absolute atomic E-state index is 5.48. The number of rotatable bonds is 3. The highest BCUT2D eigenvalue weighted by molar-refractivity contribution is 5.02. The summed E-state index contributed by atoms with van der Waals surface area (Å²) >= 11 is 0. The average molecular weight is 125 g/mol. The average Bonchev–Trinajstić information content (AvgIpc) is 1.83. The van der Waals surface area contributed by atoms with Crippen LogP contribution >= 0.6 is 0 Å². The predicted octanol–water partition coefficient (Wildman–Crippen LogP) is 0.566. The SMILES string of the molecule is [CH2]C(N)=CCC(N)C=C. The first-order chi connectivity index (χ1) is 4.16. The maximum Gasteiger partial charge on any atom is 0.0256 e. The third kappa shape index (κ3) is 5.11. The second-order valence-corrected chi connectivity index (χ2v) is 1.91. The Morgan fingerprint density at radius 2 is 2.22 bits per heavy atom. The Morgan fingerprint density at radius 3 is 2.56 bits per heavy atom. The van der Waals surface area contributed by atoms with Crippen LogP contribution in [0.25, 0.3) is 0 Å². The number of hydrogen-bond acceptors (Lipinski definition) is 2. The van der Waals surface area contributed by atoms with Crippen LogP contribution in [0.3, 0.4) is 0 Å². The van der Waals surface area contributed by atoms with Gasteiger partial charge in [0.25, 0.3) is 0 Å². The molecule has 0 aromatic carbocycles. The van der Waals surface area contributed by atoms with Gasteiger partial charge in [-0.1, -0.05) is 12.2 Å². The fourth-order valence-electron chi connectivity index (χ4n) is 0.384. The summed E-state index contributed by atoms with van der Waals surface area (Å²) in [5.41, 5.74) is 11.3. The first kappa shape index (κ1) is 8.24. The standard InChI is InChI=1S/C7H13N2/c1-3-7(9)5-4-6(2)8/h3-4,7H,1-2,5,8-9H2. The molecule has 0 aliphatic heterocycles. The molecule has 0 amide bonds. The van der Waals surface area contributed by atoms with Crippen LogP contribution in [0, 0.1) is 6.92 Å². The van der Waals surface area contributed by atoms with Gasteiger partial charge in [-0.15, -0.1) is 6.58 Å². The smallest absolute Gasteiger partial charge is 0.0256 e. The van der Waals surface area contributed by atoms with Crippen LogP contribution in [0.4, 0.5) is 0 Å². The van der Waals surface area contributed by atoms with E-state index in [9.17, 15) is 0 Å². The normalized spacial score (nSPS) is 15.1. The van der Waals surface area contributed by atoms with Gasteiger partial charge in [-0.3, -0.25) is 0 Å². The van der Waals surface area contributed by atoms with Crippen LogP contribution < -0.4 is 11.5 Å². The van der Waals surface area contributed by atoms with Gasteiger partial charge in [0.1, 0.15) is 0 Å². The molecule has 0 spiro atoms. The van der Waals surface area contributed by atoms with Crippen molar-refractivity contribution in [2.24, 2.45) is 11.5 Å². The molecule has 0 aliphatic carbocycles. The largest absolute Gasteiger partial charge is 0.402 e. The first-order valence-electron chi connectivity index (χ1n) is 2.82. The van der Waals surface area contributed by atoms with Crippen LogP contribution in [0.5, 0.6) is 0 Å². The van der Waals surface area contributed by atoms with E-state index < -0.39 is 0 Å². The molecule has 1 atom stereocenters. The fraction of sp³-hybridized carbons (Fsp3) is 0.286. The first-order valence-corrected chi connectivity index (χ1v) is 2.82. The zero-order valence-corrected chi connectivity index (χ0v) is 5.51. The highest BCUT2D eigenvalue weighted by Crippen LogP contribution is 1.91. The molecular weight excluding hydrogens is 112 g/mol. The van der Waals surface area contributed by atoms with E-state index in [4.69, 9.17) is 11.5 Å². The van der Waals surface area contributed by atoms with Gasteiger partial charge < -0.3 is 11.5 Å². The number of nitrogens with two attached hydrogens (primary N) is 2. The van der Waals surface area contributed by atoms with Crippen LogP contribution in [-0.2, 0) is 0 Å². The van der Waals surface area contributed by atoms with E-state index >= 15 is 0 Å². The molecule has 0 aliphatic rings. The molecule has 0 aromatic heterocycles. The summed E-state index contributed by atoms with van der Waals surface area (Å²) in [6.07, 6.45) is 4.19. The quantitative estimate of drug-likeness (QED) is 0.542. The van der Waals surface area contributed by atoms with Crippen molar-refractivity contribution in [3.63, 3.8) is 0 Å². The van der Waals surface area contributed by atoms with Crippen LogP contribution in [0.1, 0.15) is 6.42 Å². The Labute approximate surface area is 56.2 Å². The lowest BCUT2D eigenvalue weighted by molar-refractivity contribution is 0.832. The number of allylic oxidation sites excluding steroid dienone is 1. The molecule has 0 fully saturated rings. The molecule has 2 heteroatoms. The minimum Gasteiger partial charge on any atom is -0.402 e. The molecule has 1 unspecified atom stereocenters. The lowest BCUT2D eigenvalue weighted by Gasteiger charge is -1.99. The van der Waals surface area contributed by atoms with Gasteiger partial charge in [-0.05, 0) is 13.3 Å². The Kier molecular flexibility index (Phi) is 3.80. The number of hydrogen-bond donors (Lipinski definition) is 2. The van der Waals surface area contributed by atoms with E-state index in [1.165, 1.54) is 0 Å². The summed E-state index contributed by atoms with van der Waals surface area (Å²) in [6.45, 7) is 7.02. The summed E-state index contributed by atoms with van der Waals surface area (Å²) in [6, 6.07) is 0.00491. The molecule has 4 N–H and O–H groups in total. The van der Waals surface area contributed by atoms with Gasteiger partial charge in [-0.25, -0.2) is 0 Å². The van der Waals surface area contributed by atoms with Crippen molar-refractivity contribution in [1.29, 1.82) is 0 Å². The van der Waals surface area contributed by atoms with E-state index in [0.717, 1.165) is 6.42 Å². The van der Waals surface area contributed by atoms with E-state index in [2.05, 4.69) is 13.5 Å². The van der Waals surface area contributed by atoms with Gasteiger partial charge >= 0.3 is 0 Å². The lowest BCUT2D eigenvalue weighted by atomic mass is 10.2. The minimum atomic E-state index is 0.00491. The Balaban J connectivity index is 3.49. The van der Waals surface area contributed by atoms with Crippen molar-refractivity contribution in [2.75, 3.05) is 0 Å². The third-order valence-electron chi connectivity index (χ3n) is 0.955. The molecule has 2 nitrogen and oxygen atoms in total. The van der Waals surface area contributed by atoms with Gasteiger partial charge in [0.05, 0.1) is 0 Å². The highest BCUT2D eigenvalue weighted by Gasteiger charge is 1.90. The van der Waals surface area contributed by atoms with E-state index in [-0.39, 0.29) is 6.04 Å². The highest BCUT2D eigenvalue weighted by atomic mass is 14.6. The molecule has 1 radical (unpaired) electrons. The van der Waals surface area contributed by atoms with Crippen molar-refractivity contribution in [3.05, 3.63) is 31.4 Å². The zero-order chi connectivity index (χ0) is 7.28. The van der Waals surface area contributed by atoms with Crippen LogP contribution in [0.15, 0.2) is 24.4 Å². The minimum absolute atomic E-state index is 0.00491. The zero-order valence-electron chi connectivity index (χ0n) is 5.51. The Hall–Kier alpha value is -0.760. The van der Waals surface area contributed by atoms with Gasteiger partial charge in [0, 0.05) is 11.7 Å². The summed E-state index contributed by atoms with van der Waals surface area (Å²) in [5.74, 6) is 0. The monoisotopic (exact) mass is 125 g/mol. The topological polar surface area (TPSA) is 52.0 Å². The fourth-order valence-corrected chi connectivity index (χ4v) is 0.384. The van der Waals surface area contributed by atoms with Crippen molar-refractivity contribution in [2.45, 2.75) is 12.5 Å². The van der Waals surface area contributed by atoms with Gasteiger partial charge in [0.15, 0.2) is 0 Å². The van der Waals surface area contributed by atoms with E-state index in [1.807, 2.05) is 0 Å². The summed E-state index contributed by atoms with van der Waals surface area (Å²) in [7, 11) is 0. The molecular formula is C7H13N2. The maximum atomic E-state index is 5.48. The molecule has 0 rings (SSSR count). The van der Waals surface area contributed by atoms with Crippen molar-refractivity contribution in [3.8, 4) is 0 Å². The molecule has 0 aromatic rings. The molecule has 0 bridgehead atoms. The van der Waals surface area contributed by atoms with Crippen molar-refractivity contribution >= 4 is 0 Å². The summed E-state index contributed by atoms with van der Waals surface area (Å²) in [4.78, 5) is 0. The summed E-state index contributed by atoms with van der Waals surface area (Å²) in [5, 5.41) is 0. The second-order valence-electron chi connectivity index (χ2n) is 1.91. The molecule has 0 heterocycles. The second kappa shape index (κ2) is 4.15. The van der Waals surface area contributed by atoms with Crippen LogP contribution in [-0.4, -0.2) is 6.04 Å². The van der Waals surface area contributed by atoms with E-state index in [0.29, 0.717) is 5.70 Å². The predicted molar refractivity (Wildman–Crippen MR) is 40.4 cm³/mol. The van der Waals surface area contributed by atoms with Gasteiger partial charge in [-0.2, -0.15) is 0 Å². The molecule has 0 saturated heterocycles.